The fraction of sp³-hybridized carbons (Fsp3) is 0.500. The molecule has 2 rings (SSSR count). The summed E-state index contributed by atoms with van der Waals surface area (Å²) in [6.45, 7) is 1.55. The fourth-order valence-electron chi connectivity index (χ4n) is 2.23. The number of nitro benzene ring substituents is 1. The molecule has 1 saturated heterocycles. The topological polar surface area (TPSA) is 101 Å². The molecule has 21 heavy (non-hydrogen) atoms. The number of hydrogen-bond donors (Lipinski definition) is 2. The lowest BCUT2D eigenvalue weighted by Crippen LogP contribution is -2.35. The van der Waals surface area contributed by atoms with Crippen LogP contribution < -0.4 is 10.0 Å². The van der Waals surface area contributed by atoms with E-state index in [1.54, 1.807) is 0 Å². The summed E-state index contributed by atoms with van der Waals surface area (Å²) >= 11 is 0. The van der Waals surface area contributed by atoms with E-state index in [0.717, 1.165) is 25.1 Å². The molecule has 0 aromatic heterocycles. The van der Waals surface area contributed by atoms with Crippen LogP contribution in [0.1, 0.15) is 19.3 Å². The van der Waals surface area contributed by atoms with Crippen LogP contribution in [0.4, 0.5) is 10.1 Å². The van der Waals surface area contributed by atoms with Gasteiger partial charge in [-0.25, -0.2) is 13.1 Å². The van der Waals surface area contributed by atoms with Gasteiger partial charge in [-0.2, -0.15) is 4.39 Å². The van der Waals surface area contributed by atoms with Gasteiger partial charge in [-0.1, -0.05) is 0 Å². The summed E-state index contributed by atoms with van der Waals surface area (Å²) in [5.74, 6) is -1.16. The van der Waals surface area contributed by atoms with Gasteiger partial charge in [0.15, 0.2) is 0 Å². The maximum atomic E-state index is 13.5. The molecule has 7 nitrogen and oxygen atoms in total. The minimum atomic E-state index is -3.88. The third kappa shape index (κ3) is 3.96. The highest BCUT2D eigenvalue weighted by atomic mass is 32.2. The molecule has 1 atom stereocenters. The molecule has 1 heterocycles. The molecule has 0 amide bonds. The lowest BCUT2D eigenvalue weighted by Gasteiger charge is -2.16. The van der Waals surface area contributed by atoms with Crippen molar-refractivity contribution in [2.24, 2.45) is 0 Å². The van der Waals surface area contributed by atoms with Crippen molar-refractivity contribution in [2.45, 2.75) is 30.2 Å². The lowest BCUT2D eigenvalue weighted by molar-refractivity contribution is -0.387. The van der Waals surface area contributed by atoms with E-state index >= 15 is 0 Å². The molecular weight excluding hydrogens is 301 g/mol. The number of nitrogens with one attached hydrogen (secondary N) is 2. The molecule has 1 aromatic carbocycles. The highest BCUT2D eigenvalue weighted by Crippen LogP contribution is 2.21. The van der Waals surface area contributed by atoms with E-state index in [1.165, 1.54) is 0 Å². The highest BCUT2D eigenvalue weighted by molar-refractivity contribution is 7.89. The van der Waals surface area contributed by atoms with Crippen LogP contribution in [0.5, 0.6) is 0 Å². The minimum absolute atomic E-state index is 0.219. The Morgan fingerprint density at radius 2 is 2.10 bits per heavy atom. The minimum Gasteiger partial charge on any atom is -0.317 e. The monoisotopic (exact) mass is 317 g/mol. The van der Waals surface area contributed by atoms with E-state index in [1.807, 2.05) is 0 Å². The van der Waals surface area contributed by atoms with E-state index in [-0.39, 0.29) is 10.9 Å². The number of sulfonamides is 1. The first-order valence-electron chi connectivity index (χ1n) is 6.57. The first-order chi connectivity index (χ1) is 9.90. The van der Waals surface area contributed by atoms with Crippen LogP contribution in [-0.2, 0) is 10.0 Å². The summed E-state index contributed by atoms with van der Waals surface area (Å²) in [6, 6.07) is 2.36. The smallest absolute Gasteiger partial charge is 0.304 e. The van der Waals surface area contributed by atoms with Crippen LogP contribution in [-0.4, -0.2) is 32.5 Å². The molecule has 116 valence electrons. The van der Waals surface area contributed by atoms with Gasteiger partial charge in [-0.05, 0) is 38.4 Å². The molecule has 1 fully saturated rings. The van der Waals surface area contributed by atoms with Gasteiger partial charge < -0.3 is 5.32 Å². The van der Waals surface area contributed by atoms with Gasteiger partial charge in [0, 0.05) is 18.2 Å². The van der Waals surface area contributed by atoms with Crippen LogP contribution in [0.25, 0.3) is 0 Å². The second-order valence-corrected chi connectivity index (χ2v) is 6.58. The van der Waals surface area contributed by atoms with E-state index in [0.29, 0.717) is 25.5 Å². The molecule has 2 N–H and O–H groups in total. The van der Waals surface area contributed by atoms with Crippen LogP contribution in [0.2, 0.25) is 0 Å². The molecule has 1 unspecified atom stereocenters. The molecule has 0 saturated carbocycles. The van der Waals surface area contributed by atoms with E-state index < -0.39 is 26.5 Å². The summed E-state index contributed by atoms with van der Waals surface area (Å²) < 4.78 is 40.4. The Labute approximate surface area is 121 Å². The van der Waals surface area contributed by atoms with Crippen molar-refractivity contribution in [2.75, 3.05) is 13.1 Å². The molecule has 1 aromatic rings. The molecule has 9 heteroatoms. The third-order valence-corrected chi connectivity index (χ3v) is 4.84. The molecular formula is C12H16FN3O4S. The van der Waals surface area contributed by atoms with Gasteiger partial charge in [0.05, 0.1) is 9.82 Å². The van der Waals surface area contributed by atoms with Gasteiger partial charge in [0.2, 0.25) is 15.8 Å². The zero-order valence-corrected chi connectivity index (χ0v) is 12.0. The summed E-state index contributed by atoms with van der Waals surface area (Å²) in [5, 5.41) is 13.7. The Morgan fingerprint density at radius 1 is 1.33 bits per heavy atom. The predicted octanol–water partition coefficient (Wildman–Crippen LogP) is 1.15. The van der Waals surface area contributed by atoms with Crippen molar-refractivity contribution >= 4 is 15.7 Å². The Bertz CT molecular complexity index is 627. The van der Waals surface area contributed by atoms with Crippen molar-refractivity contribution in [3.63, 3.8) is 0 Å². The summed E-state index contributed by atoms with van der Waals surface area (Å²) in [6.07, 6.45) is 2.19. The quantitative estimate of drug-likeness (QED) is 0.641. The number of nitrogens with zero attached hydrogens (tertiary/aromatic N) is 1. The second-order valence-electron chi connectivity index (χ2n) is 4.87. The van der Waals surface area contributed by atoms with Crippen molar-refractivity contribution < 1.29 is 17.7 Å². The number of nitro groups is 1. The third-order valence-electron chi connectivity index (χ3n) is 3.32. The zero-order chi connectivity index (χ0) is 15.5. The van der Waals surface area contributed by atoms with Gasteiger partial charge in [-0.15, -0.1) is 0 Å². The van der Waals surface area contributed by atoms with Crippen LogP contribution in [0, 0.1) is 15.9 Å². The van der Waals surface area contributed by atoms with Gasteiger partial charge in [0.1, 0.15) is 0 Å². The van der Waals surface area contributed by atoms with Crippen molar-refractivity contribution in [3.05, 3.63) is 34.1 Å². The van der Waals surface area contributed by atoms with Gasteiger partial charge in [0.25, 0.3) is 0 Å². The first-order valence-corrected chi connectivity index (χ1v) is 8.05. The van der Waals surface area contributed by atoms with Crippen molar-refractivity contribution in [1.29, 1.82) is 0 Å². The second kappa shape index (κ2) is 6.46. The molecule has 0 aliphatic carbocycles. The standard InChI is InChI=1S/C12H16FN3O4S/c13-11-8-10(3-4-12(11)16(17)18)21(19,20)15-9-2-1-6-14-7-5-9/h3-4,8-9,14-15H,1-2,5-7H2. The van der Waals surface area contributed by atoms with Crippen LogP contribution in [0.15, 0.2) is 23.1 Å². The van der Waals surface area contributed by atoms with E-state index in [4.69, 9.17) is 0 Å². The molecule has 0 spiro atoms. The predicted molar refractivity (Wildman–Crippen MR) is 73.9 cm³/mol. The van der Waals surface area contributed by atoms with Crippen molar-refractivity contribution in [3.8, 4) is 0 Å². The number of benzene rings is 1. The number of halogens is 1. The van der Waals surface area contributed by atoms with E-state index in [9.17, 15) is 22.9 Å². The molecule has 1 aliphatic rings. The van der Waals surface area contributed by atoms with Crippen LogP contribution >= 0.6 is 0 Å². The number of rotatable bonds is 4. The number of hydrogen-bond acceptors (Lipinski definition) is 5. The summed E-state index contributed by atoms with van der Waals surface area (Å²) in [4.78, 5) is 9.34. The zero-order valence-electron chi connectivity index (χ0n) is 11.2. The Balaban J connectivity index is 2.19. The highest BCUT2D eigenvalue weighted by Gasteiger charge is 2.24. The Morgan fingerprint density at radius 3 is 2.76 bits per heavy atom. The average Bonchev–Trinajstić information content (AvgIpc) is 2.66. The molecule has 0 bridgehead atoms. The molecule has 1 aliphatic heterocycles. The fourth-order valence-corrected chi connectivity index (χ4v) is 3.54. The van der Waals surface area contributed by atoms with E-state index in [2.05, 4.69) is 10.0 Å². The maximum absolute atomic E-state index is 13.5. The normalized spacial score (nSPS) is 20.0. The first kappa shape index (κ1) is 15.8. The Hall–Kier alpha value is -1.58. The Kier molecular flexibility index (Phi) is 4.86. The lowest BCUT2D eigenvalue weighted by atomic mass is 10.1. The van der Waals surface area contributed by atoms with Crippen molar-refractivity contribution in [1.82, 2.24) is 10.0 Å². The summed E-state index contributed by atoms with van der Waals surface area (Å²) in [5.41, 5.74) is -0.743. The SMILES string of the molecule is O=[N+]([O-])c1ccc(S(=O)(=O)NC2CCCNCC2)cc1F. The van der Waals surface area contributed by atoms with Gasteiger partial charge >= 0.3 is 5.69 Å². The largest absolute Gasteiger partial charge is 0.317 e. The summed E-state index contributed by atoms with van der Waals surface area (Å²) in [7, 11) is -3.88. The van der Waals surface area contributed by atoms with Crippen LogP contribution in [0.3, 0.4) is 0 Å². The average molecular weight is 317 g/mol. The maximum Gasteiger partial charge on any atom is 0.304 e. The van der Waals surface area contributed by atoms with Gasteiger partial charge in [-0.3, -0.25) is 10.1 Å². The molecule has 0 radical (unpaired) electrons.